The normalized spacial score (nSPS) is 11.6. The van der Waals surface area contributed by atoms with Gasteiger partial charge in [-0.3, -0.25) is 9.59 Å². The molecule has 0 fully saturated rings. The van der Waals surface area contributed by atoms with Crippen LogP contribution in [0.5, 0.6) is 5.75 Å². The Morgan fingerprint density at radius 2 is 1.74 bits per heavy atom. The number of nitrogens with two attached hydrogens (primary N) is 1. The third-order valence-corrected chi connectivity index (χ3v) is 4.50. The van der Waals surface area contributed by atoms with E-state index in [0.29, 0.717) is 27.8 Å². The van der Waals surface area contributed by atoms with Crippen LogP contribution >= 0.6 is 23.2 Å². The zero-order chi connectivity index (χ0) is 19.8. The van der Waals surface area contributed by atoms with Crippen LogP contribution in [-0.2, 0) is 27.4 Å². The first-order valence-electron chi connectivity index (χ1n) is 8.15. The monoisotopic (exact) mass is 410 g/mol. The Hall–Kier alpha value is -2.28. The van der Waals surface area contributed by atoms with Crippen molar-refractivity contribution in [2.45, 2.75) is 19.1 Å². The van der Waals surface area contributed by atoms with E-state index in [1.165, 1.54) is 7.11 Å². The smallest absolute Gasteiger partial charge is 0.325 e. The second-order valence-electron chi connectivity index (χ2n) is 5.74. The molecule has 0 spiro atoms. The molecule has 3 N–H and O–H groups in total. The highest BCUT2D eigenvalue weighted by Crippen LogP contribution is 2.26. The van der Waals surface area contributed by atoms with Crippen molar-refractivity contribution >= 4 is 35.1 Å². The van der Waals surface area contributed by atoms with Crippen molar-refractivity contribution in [3.05, 3.63) is 63.6 Å². The zero-order valence-electron chi connectivity index (χ0n) is 14.7. The summed E-state index contributed by atoms with van der Waals surface area (Å²) in [5.74, 6) is -0.316. The van der Waals surface area contributed by atoms with Gasteiger partial charge in [-0.25, -0.2) is 0 Å². The molecule has 0 saturated carbocycles. The lowest BCUT2D eigenvalue weighted by Gasteiger charge is -2.13. The number of amides is 1. The van der Waals surface area contributed by atoms with Crippen molar-refractivity contribution in [2.24, 2.45) is 5.73 Å². The van der Waals surface area contributed by atoms with Gasteiger partial charge in [0.1, 0.15) is 18.9 Å². The average Bonchev–Trinajstić information content (AvgIpc) is 2.66. The van der Waals surface area contributed by atoms with Crippen LogP contribution in [0.1, 0.15) is 11.1 Å². The maximum Gasteiger partial charge on any atom is 0.325 e. The third kappa shape index (κ3) is 6.43. The van der Waals surface area contributed by atoms with Crippen molar-refractivity contribution in [2.75, 3.05) is 13.7 Å². The van der Waals surface area contributed by atoms with Crippen LogP contribution in [0.2, 0.25) is 10.0 Å². The number of ether oxygens (including phenoxy) is 2. The SMILES string of the molecule is COC(=O)CNC(=O)[C@@H](N)Cc1ccc(OCc2c(Cl)cccc2Cl)cc1. The second kappa shape index (κ2) is 10.2. The number of benzene rings is 2. The summed E-state index contributed by atoms with van der Waals surface area (Å²) in [6, 6.07) is 11.7. The lowest BCUT2D eigenvalue weighted by Crippen LogP contribution is -2.44. The molecule has 1 amide bonds. The minimum absolute atomic E-state index is 0.208. The fourth-order valence-electron chi connectivity index (χ4n) is 2.26. The molecule has 2 aromatic rings. The second-order valence-corrected chi connectivity index (χ2v) is 6.55. The van der Waals surface area contributed by atoms with Gasteiger partial charge in [0.25, 0.3) is 0 Å². The van der Waals surface area contributed by atoms with Crippen LogP contribution in [0.15, 0.2) is 42.5 Å². The molecular formula is C19H20Cl2N2O4. The number of rotatable bonds is 8. The summed E-state index contributed by atoms with van der Waals surface area (Å²) < 4.78 is 10.2. The molecule has 8 heteroatoms. The molecule has 2 aromatic carbocycles. The molecular weight excluding hydrogens is 391 g/mol. The lowest BCUT2D eigenvalue weighted by molar-refractivity contribution is -0.141. The van der Waals surface area contributed by atoms with E-state index >= 15 is 0 Å². The van der Waals surface area contributed by atoms with Gasteiger partial charge in [0, 0.05) is 15.6 Å². The minimum Gasteiger partial charge on any atom is -0.489 e. The topological polar surface area (TPSA) is 90.7 Å². The molecule has 0 unspecified atom stereocenters. The van der Waals surface area contributed by atoms with Gasteiger partial charge < -0.3 is 20.5 Å². The maximum atomic E-state index is 11.9. The van der Waals surface area contributed by atoms with Crippen LogP contribution in [0.3, 0.4) is 0 Å². The predicted octanol–water partition coefficient (Wildman–Crippen LogP) is 2.73. The number of hydrogen-bond acceptors (Lipinski definition) is 5. The largest absolute Gasteiger partial charge is 0.489 e. The molecule has 0 aliphatic heterocycles. The number of methoxy groups -OCH3 is 1. The summed E-state index contributed by atoms with van der Waals surface area (Å²) in [5.41, 5.74) is 7.44. The van der Waals surface area contributed by atoms with E-state index in [-0.39, 0.29) is 13.2 Å². The number of carbonyl (C=O) groups excluding carboxylic acids is 2. The van der Waals surface area contributed by atoms with E-state index in [0.717, 1.165) is 5.56 Å². The molecule has 0 radical (unpaired) electrons. The summed E-state index contributed by atoms with van der Waals surface area (Å²) in [6.45, 7) is 0.0354. The average molecular weight is 411 g/mol. The summed E-state index contributed by atoms with van der Waals surface area (Å²) in [5, 5.41) is 3.51. The van der Waals surface area contributed by atoms with Gasteiger partial charge in [-0.15, -0.1) is 0 Å². The summed E-state index contributed by atoms with van der Waals surface area (Å²) in [6.07, 6.45) is 0.323. The predicted molar refractivity (Wildman–Crippen MR) is 104 cm³/mol. The van der Waals surface area contributed by atoms with Crippen LogP contribution in [-0.4, -0.2) is 31.6 Å². The van der Waals surface area contributed by atoms with Gasteiger partial charge in [-0.05, 0) is 36.2 Å². The fraction of sp³-hybridized carbons (Fsp3) is 0.263. The molecule has 6 nitrogen and oxygen atoms in total. The fourth-order valence-corrected chi connectivity index (χ4v) is 2.76. The van der Waals surface area contributed by atoms with E-state index in [9.17, 15) is 9.59 Å². The molecule has 0 aromatic heterocycles. The Morgan fingerprint density at radius 1 is 1.11 bits per heavy atom. The highest BCUT2D eigenvalue weighted by atomic mass is 35.5. The number of hydrogen-bond donors (Lipinski definition) is 2. The van der Waals surface area contributed by atoms with Gasteiger partial charge in [0.15, 0.2) is 0 Å². The Labute approximate surface area is 167 Å². The molecule has 2 rings (SSSR count). The molecule has 0 bridgehead atoms. The summed E-state index contributed by atoms with van der Waals surface area (Å²) >= 11 is 12.2. The summed E-state index contributed by atoms with van der Waals surface area (Å²) in [7, 11) is 1.25. The Balaban J connectivity index is 1.87. The van der Waals surface area contributed by atoms with Crippen molar-refractivity contribution in [1.29, 1.82) is 0 Å². The van der Waals surface area contributed by atoms with Gasteiger partial charge >= 0.3 is 5.97 Å². The Bertz CT molecular complexity index is 777. The summed E-state index contributed by atoms with van der Waals surface area (Å²) in [4.78, 5) is 22.9. The Morgan fingerprint density at radius 3 is 2.33 bits per heavy atom. The lowest BCUT2D eigenvalue weighted by atomic mass is 10.1. The molecule has 27 heavy (non-hydrogen) atoms. The van der Waals surface area contributed by atoms with Crippen molar-refractivity contribution in [1.82, 2.24) is 5.32 Å². The van der Waals surface area contributed by atoms with E-state index in [1.54, 1.807) is 30.3 Å². The first kappa shape index (κ1) is 21.0. The highest BCUT2D eigenvalue weighted by Gasteiger charge is 2.15. The number of nitrogens with one attached hydrogen (secondary N) is 1. The molecule has 0 heterocycles. The van der Waals surface area contributed by atoms with Crippen molar-refractivity contribution in [3.8, 4) is 5.75 Å². The molecule has 0 saturated heterocycles. The quantitative estimate of drug-likeness (QED) is 0.652. The minimum atomic E-state index is -0.775. The zero-order valence-corrected chi connectivity index (χ0v) is 16.2. The molecule has 1 atom stereocenters. The van der Waals surface area contributed by atoms with E-state index in [2.05, 4.69) is 10.1 Å². The van der Waals surface area contributed by atoms with E-state index in [1.807, 2.05) is 12.1 Å². The molecule has 0 aliphatic rings. The first-order chi connectivity index (χ1) is 12.9. The van der Waals surface area contributed by atoms with Crippen LogP contribution < -0.4 is 15.8 Å². The van der Waals surface area contributed by atoms with Gasteiger partial charge in [-0.1, -0.05) is 41.4 Å². The standard InChI is InChI=1S/C19H20Cl2N2O4/c1-26-18(24)10-23-19(25)17(22)9-12-5-7-13(8-6-12)27-11-14-15(20)3-2-4-16(14)21/h2-8,17H,9-11,22H2,1H3,(H,23,25)/t17-/m0/s1. The van der Waals surface area contributed by atoms with Gasteiger partial charge in [-0.2, -0.15) is 0 Å². The maximum absolute atomic E-state index is 11.9. The van der Waals surface area contributed by atoms with Crippen LogP contribution in [0.4, 0.5) is 0 Å². The highest BCUT2D eigenvalue weighted by molar-refractivity contribution is 6.35. The Kier molecular flexibility index (Phi) is 7.91. The van der Waals surface area contributed by atoms with Crippen LogP contribution in [0.25, 0.3) is 0 Å². The number of halogens is 2. The van der Waals surface area contributed by atoms with Gasteiger partial charge in [0.2, 0.25) is 5.91 Å². The number of esters is 1. The van der Waals surface area contributed by atoms with E-state index in [4.69, 9.17) is 33.7 Å². The van der Waals surface area contributed by atoms with Crippen molar-refractivity contribution < 1.29 is 19.1 Å². The first-order valence-corrected chi connectivity index (χ1v) is 8.91. The third-order valence-electron chi connectivity index (χ3n) is 3.80. The van der Waals surface area contributed by atoms with E-state index < -0.39 is 17.9 Å². The number of carbonyl (C=O) groups is 2. The van der Waals surface area contributed by atoms with Crippen LogP contribution in [0, 0.1) is 0 Å². The van der Waals surface area contributed by atoms with Gasteiger partial charge in [0.05, 0.1) is 13.2 Å². The van der Waals surface area contributed by atoms with Crippen molar-refractivity contribution in [3.63, 3.8) is 0 Å². The molecule has 0 aliphatic carbocycles. The molecule has 144 valence electrons.